The largest absolute Gasteiger partial charge is 0.389 e. The molecule has 23 heavy (non-hydrogen) atoms. The molecular formula is C18H23NO4. The summed E-state index contributed by atoms with van der Waals surface area (Å²) in [7, 11) is 0. The third-order valence-corrected chi connectivity index (χ3v) is 4.75. The Kier molecular flexibility index (Phi) is 5.08. The van der Waals surface area contributed by atoms with Crippen molar-refractivity contribution in [2.24, 2.45) is 11.8 Å². The number of carbonyl (C=O) groups excluding carboxylic acids is 2. The number of imide groups is 1. The minimum absolute atomic E-state index is 0.0411. The standard InChI is InChI=1S/C18H23NO4/c20-14(12-23-11-13-6-2-1-3-7-13)10-19-17(21)15-8-4-5-9-16(15)18(19)22/h1-3,6-7,14-16,20H,4-5,8-12H2/t14-,15-,16+/m0/s1. The Balaban J connectivity index is 1.48. The molecule has 1 saturated carbocycles. The van der Waals surface area contributed by atoms with E-state index in [0.29, 0.717) is 6.61 Å². The molecule has 5 heteroatoms. The fraction of sp³-hybridized carbons (Fsp3) is 0.556. The quantitative estimate of drug-likeness (QED) is 0.812. The monoisotopic (exact) mass is 317 g/mol. The molecule has 1 saturated heterocycles. The van der Waals surface area contributed by atoms with Gasteiger partial charge in [-0.05, 0) is 18.4 Å². The summed E-state index contributed by atoms with van der Waals surface area (Å²) < 4.78 is 5.48. The molecule has 2 fully saturated rings. The van der Waals surface area contributed by atoms with E-state index in [1.54, 1.807) is 0 Å². The predicted molar refractivity (Wildman–Crippen MR) is 84.3 cm³/mol. The molecule has 0 bridgehead atoms. The number of aliphatic hydroxyl groups excluding tert-OH is 1. The number of rotatable bonds is 6. The lowest BCUT2D eigenvalue weighted by Crippen LogP contribution is -2.39. The number of ether oxygens (including phenoxy) is 1. The number of fused-ring (bicyclic) bond motifs is 1. The van der Waals surface area contributed by atoms with Crippen molar-refractivity contribution >= 4 is 11.8 Å². The minimum Gasteiger partial charge on any atom is -0.389 e. The first-order valence-electron chi connectivity index (χ1n) is 8.32. The van der Waals surface area contributed by atoms with Crippen molar-refractivity contribution in [1.29, 1.82) is 0 Å². The van der Waals surface area contributed by atoms with E-state index in [1.807, 2.05) is 30.3 Å². The van der Waals surface area contributed by atoms with E-state index < -0.39 is 6.10 Å². The van der Waals surface area contributed by atoms with E-state index in [-0.39, 0.29) is 36.8 Å². The predicted octanol–water partition coefficient (Wildman–Crippen LogP) is 1.74. The van der Waals surface area contributed by atoms with E-state index in [1.165, 1.54) is 4.90 Å². The van der Waals surface area contributed by atoms with Crippen LogP contribution in [-0.2, 0) is 20.9 Å². The second-order valence-electron chi connectivity index (χ2n) is 6.44. The van der Waals surface area contributed by atoms with Gasteiger partial charge < -0.3 is 9.84 Å². The lowest BCUT2D eigenvalue weighted by Gasteiger charge is -2.19. The Bertz CT molecular complexity index is 535. The summed E-state index contributed by atoms with van der Waals surface area (Å²) in [4.78, 5) is 25.9. The summed E-state index contributed by atoms with van der Waals surface area (Å²) in [5.74, 6) is -0.536. The highest BCUT2D eigenvalue weighted by Crippen LogP contribution is 2.37. The summed E-state index contributed by atoms with van der Waals surface area (Å²) in [6, 6.07) is 9.69. The fourth-order valence-electron chi connectivity index (χ4n) is 3.56. The summed E-state index contributed by atoms with van der Waals surface area (Å²) in [5.41, 5.74) is 1.03. The van der Waals surface area contributed by atoms with Crippen LogP contribution in [0, 0.1) is 11.8 Å². The van der Waals surface area contributed by atoms with E-state index in [2.05, 4.69) is 0 Å². The van der Waals surface area contributed by atoms with Crippen molar-refractivity contribution in [2.45, 2.75) is 38.4 Å². The maximum absolute atomic E-state index is 12.3. The first-order valence-corrected chi connectivity index (χ1v) is 8.32. The summed E-state index contributed by atoms with van der Waals surface area (Å²) in [6.07, 6.45) is 2.78. The van der Waals surface area contributed by atoms with Crippen LogP contribution in [0.2, 0.25) is 0 Å². The number of nitrogens with zero attached hydrogens (tertiary/aromatic N) is 1. The number of likely N-dealkylation sites (tertiary alicyclic amines) is 1. The van der Waals surface area contributed by atoms with E-state index >= 15 is 0 Å². The van der Waals surface area contributed by atoms with Gasteiger partial charge in [0.25, 0.3) is 0 Å². The van der Waals surface area contributed by atoms with Crippen molar-refractivity contribution in [3.63, 3.8) is 0 Å². The van der Waals surface area contributed by atoms with Crippen molar-refractivity contribution in [1.82, 2.24) is 4.90 Å². The highest BCUT2D eigenvalue weighted by atomic mass is 16.5. The van der Waals surface area contributed by atoms with Crippen molar-refractivity contribution < 1.29 is 19.4 Å². The smallest absolute Gasteiger partial charge is 0.233 e. The maximum Gasteiger partial charge on any atom is 0.233 e. The third kappa shape index (κ3) is 3.62. The second kappa shape index (κ2) is 7.23. The molecule has 1 aromatic rings. The molecule has 5 nitrogen and oxygen atoms in total. The molecule has 0 radical (unpaired) electrons. The number of carbonyl (C=O) groups is 2. The molecule has 0 spiro atoms. The third-order valence-electron chi connectivity index (χ3n) is 4.75. The summed E-state index contributed by atoms with van der Waals surface area (Å²) >= 11 is 0. The highest BCUT2D eigenvalue weighted by molar-refractivity contribution is 6.05. The number of benzene rings is 1. The second-order valence-corrected chi connectivity index (χ2v) is 6.44. The first-order chi connectivity index (χ1) is 11.2. The van der Waals surface area contributed by atoms with E-state index in [0.717, 1.165) is 31.2 Å². The Morgan fingerprint density at radius 1 is 1.09 bits per heavy atom. The summed E-state index contributed by atoms with van der Waals surface area (Å²) in [5, 5.41) is 10.1. The zero-order valence-electron chi connectivity index (χ0n) is 13.2. The number of hydrogen-bond acceptors (Lipinski definition) is 4. The Labute approximate surface area is 136 Å². The average molecular weight is 317 g/mol. The van der Waals surface area contributed by atoms with E-state index in [4.69, 9.17) is 4.74 Å². The molecule has 3 atom stereocenters. The van der Waals surface area contributed by atoms with Gasteiger partial charge in [0.05, 0.1) is 37.7 Å². The van der Waals surface area contributed by atoms with Crippen LogP contribution in [0.15, 0.2) is 30.3 Å². The Morgan fingerprint density at radius 2 is 1.70 bits per heavy atom. The number of β-amino-alcohol motifs (C(OH)–C–C–N with tert-alkyl or cyclic N) is 1. The Hall–Kier alpha value is -1.72. The SMILES string of the molecule is O=C1[C@H]2CCCC[C@H]2C(=O)N1C[C@H](O)COCc1ccccc1. The molecule has 2 amide bonds. The zero-order chi connectivity index (χ0) is 16.2. The Morgan fingerprint density at radius 3 is 2.30 bits per heavy atom. The molecule has 1 aromatic carbocycles. The van der Waals surface area contributed by atoms with Gasteiger partial charge in [0.2, 0.25) is 11.8 Å². The lowest BCUT2D eigenvalue weighted by molar-refractivity contribution is -0.142. The molecule has 1 aliphatic carbocycles. The van der Waals surface area contributed by atoms with E-state index in [9.17, 15) is 14.7 Å². The van der Waals surface area contributed by atoms with Crippen LogP contribution >= 0.6 is 0 Å². The average Bonchev–Trinajstić information content (AvgIpc) is 2.81. The molecule has 1 N–H and O–H groups in total. The number of amides is 2. The molecular weight excluding hydrogens is 294 g/mol. The van der Waals surface area contributed by atoms with Crippen LogP contribution in [0.1, 0.15) is 31.2 Å². The number of aliphatic hydroxyl groups is 1. The maximum atomic E-state index is 12.3. The van der Waals surface area contributed by atoms with Crippen molar-refractivity contribution in [3.05, 3.63) is 35.9 Å². The van der Waals surface area contributed by atoms with Crippen LogP contribution in [0.25, 0.3) is 0 Å². The van der Waals surface area contributed by atoms with Gasteiger partial charge in [-0.2, -0.15) is 0 Å². The van der Waals surface area contributed by atoms with Gasteiger partial charge in [0, 0.05) is 0 Å². The lowest BCUT2D eigenvalue weighted by atomic mass is 9.81. The van der Waals surface area contributed by atoms with Gasteiger partial charge in [-0.25, -0.2) is 0 Å². The van der Waals surface area contributed by atoms with Gasteiger partial charge in [0.15, 0.2) is 0 Å². The van der Waals surface area contributed by atoms with Crippen LogP contribution in [0.4, 0.5) is 0 Å². The molecule has 124 valence electrons. The molecule has 0 unspecified atom stereocenters. The van der Waals surface area contributed by atoms with Gasteiger partial charge >= 0.3 is 0 Å². The molecule has 2 aliphatic rings. The van der Waals surface area contributed by atoms with Gasteiger partial charge in [0.1, 0.15) is 0 Å². The topological polar surface area (TPSA) is 66.8 Å². The first kappa shape index (κ1) is 16.1. The van der Waals surface area contributed by atoms with Crippen LogP contribution in [-0.4, -0.2) is 41.1 Å². The van der Waals surface area contributed by atoms with Gasteiger partial charge in [-0.3, -0.25) is 14.5 Å². The highest BCUT2D eigenvalue weighted by Gasteiger charge is 2.48. The molecule has 0 aromatic heterocycles. The summed E-state index contributed by atoms with van der Waals surface area (Å²) in [6.45, 7) is 0.561. The molecule has 1 heterocycles. The molecule has 3 rings (SSSR count). The van der Waals surface area contributed by atoms with Gasteiger partial charge in [-0.1, -0.05) is 43.2 Å². The van der Waals surface area contributed by atoms with Crippen LogP contribution < -0.4 is 0 Å². The normalized spacial score (nSPS) is 25.5. The van der Waals surface area contributed by atoms with Gasteiger partial charge in [-0.15, -0.1) is 0 Å². The van der Waals surface area contributed by atoms with Crippen LogP contribution in [0.3, 0.4) is 0 Å². The zero-order valence-corrected chi connectivity index (χ0v) is 13.2. The van der Waals surface area contributed by atoms with Crippen molar-refractivity contribution in [3.8, 4) is 0 Å². The molecule has 1 aliphatic heterocycles. The minimum atomic E-state index is -0.841. The fourth-order valence-corrected chi connectivity index (χ4v) is 3.56. The van der Waals surface area contributed by atoms with Crippen molar-refractivity contribution in [2.75, 3.05) is 13.2 Å². The number of hydrogen-bond donors (Lipinski definition) is 1. The van der Waals surface area contributed by atoms with Crippen LogP contribution in [0.5, 0.6) is 0 Å².